The Labute approximate surface area is 379 Å². The van der Waals surface area contributed by atoms with Crippen molar-refractivity contribution in [1.82, 2.24) is 0 Å². The van der Waals surface area contributed by atoms with Crippen molar-refractivity contribution in [3.63, 3.8) is 0 Å². The maximum absolute atomic E-state index is 6.41. The van der Waals surface area contributed by atoms with Gasteiger partial charge in [0.05, 0.1) is 0 Å². The number of rotatable bonds is 4. The van der Waals surface area contributed by atoms with Gasteiger partial charge in [0.15, 0.2) is 0 Å². The van der Waals surface area contributed by atoms with Crippen LogP contribution < -0.4 is 26.2 Å². The van der Waals surface area contributed by atoms with E-state index >= 15 is 0 Å². The molecule has 0 N–H and O–H groups in total. The van der Waals surface area contributed by atoms with Crippen LogP contribution in [0.25, 0.3) is 44.2 Å². The molecule has 0 saturated heterocycles. The first-order valence-corrected chi connectivity index (χ1v) is 22.9. The average molecular weight is 831 g/mol. The van der Waals surface area contributed by atoms with E-state index in [9.17, 15) is 0 Å². The minimum absolute atomic E-state index is 0.00622. The Hall–Kier alpha value is -6.78. The number of furan rings is 1. The molecular formula is C60H55BN2O. The van der Waals surface area contributed by atoms with E-state index in [-0.39, 0.29) is 23.0 Å². The Morgan fingerprint density at radius 1 is 0.391 bits per heavy atom. The Kier molecular flexibility index (Phi) is 8.99. The molecule has 64 heavy (non-hydrogen) atoms. The second-order valence-corrected chi connectivity index (χ2v) is 21.1. The van der Waals surface area contributed by atoms with Crippen molar-refractivity contribution in [3.05, 3.63) is 187 Å². The smallest absolute Gasteiger partial charge is 0.252 e. The highest BCUT2D eigenvalue weighted by molar-refractivity contribution is 7.00. The fraction of sp³-hybridized carbons (Fsp3) is 0.200. The molecule has 0 unspecified atom stereocenters. The molecule has 11 rings (SSSR count). The van der Waals surface area contributed by atoms with Gasteiger partial charge in [0.25, 0.3) is 6.71 Å². The number of hydrogen-bond acceptors (Lipinski definition) is 3. The highest BCUT2D eigenvalue weighted by atomic mass is 16.3. The normalized spacial score (nSPS) is 13.6. The molecule has 314 valence electrons. The van der Waals surface area contributed by atoms with E-state index in [1.807, 2.05) is 6.07 Å². The van der Waals surface area contributed by atoms with Gasteiger partial charge in [-0.2, -0.15) is 0 Å². The number of benzene rings is 8. The first kappa shape index (κ1) is 40.0. The quantitative estimate of drug-likeness (QED) is 0.165. The van der Waals surface area contributed by atoms with Crippen molar-refractivity contribution in [2.45, 2.75) is 78.6 Å². The van der Waals surface area contributed by atoms with Gasteiger partial charge in [0.1, 0.15) is 11.2 Å². The Morgan fingerprint density at radius 3 is 1.70 bits per heavy atom. The van der Waals surface area contributed by atoms with Crippen molar-refractivity contribution >= 4 is 79.2 Å². The predicted octanol–water partition coefficient (Wildman–Crippen LogP) is 14.9. The minimum Gasteiger partial charge on any atom is -0.456 e. The summed E-state index contributed by atoms with van der Waals surface area (Å²) in [6, 6.07) is 63.7. The fourth-order valence-corrected chi connectivity index (χ4v) is 10.2. The summed E-state index contributed by atoms with van der Waals surface area (Å²) < 4.78 is 6.41. The van der Waals surface area contributed by atoms with Crippen molar-refractivity contribution < 1.29 is 4.42 Å². The Balaban J connectivity index is 1.23. The monoisotopic (exact) mass is 830 g/mol. The lowest BCUT2D eigenvalue weighted by molar-refractivity contribution is 0.590. The van der Waals surface area contributed by atoms with Gasteiger partial charge in [-0.25, -0.2) is 0 Å². The van der Waals surface area contributed by atoms with Crippen LogP contribution in [-0.4, -0.2) is 6.71 Å². The summed E-state index contributed by atoms with van der Waals surface area (Å²) >= 11 is 0. The summed E-state index contributed by atoms with van der Waals surface area (Å²) in [5.74, 6) is 0. The zero-order chi connectivity index (χ0) is 44.3. The number of anilines is 6. The van der Waals surface area contributed by atoms with Crippen LogP contribution in [-0.2, 0) is 16.2 Å². The van der Waals surface area contributed by atoms with Crippen LogP contribution in [0.1, 0.15) is 79.0 Å². The van der Waals surface area contributed by atoms with Crippen LogP contribution in [0.15, 0.2) is 174 Å². The zero-order valence-electron chi connectivity index (χ0n) is 38.5. The van der Waals surface area contributed by atoms with Crippen molar-refractivity contribution in [2.24, 2.45) is 0 Å². The lowest BCUT2D eigenvalue weighted by atomic mass is 9.33. The largest absolute Gasteiger partial charge is 0.456 e. The lowest BCUT2D eigenvalue weighted by Gasteiger charge is -2.45. The first-order chi connectivity index (χ1) is 30.6. The van der Waals surface area contributed by atoms with Crippen molar-refractivity contribution in [3.8, 4) is 22.3 Å². The van der Waals surface area contributed by atoms with Gasteiger partial charge in [-0.15, -0.1) is 0 Å². The fourth-order valence-electron chi connectivity index (χ4n) is 10.2. The molecule has 2 aliphatic rings. The molecule has 8 aromatic carbocycles. The molecule has 3 heterocycles. The SMILES string of the molecule is CC(C)(C)c1ccc(N2c3ccc(C(C)(C)C)cc3B3c4ccc(C(C)(C)C)cc4N(c4cccc(-c5cccc6oc7ccccc7c56)c4)c4cc(-c5ccccc5)cc2c43)cc1. The number of hydrogen-bond donors (Lipinski definition) is 0. The summed E-state index contributed by atoms with van der Waals surface area (Å²) in [4.78, 5) is 5.12. The molecule has 0 atom stereocenters. The second-order valence-electron chi connectivity index (χ2n) is 21.1. The molecule has 0 fully saturated rings. The van der Waals surface area contributed by atoms with Crippen LogP contribution in [0.5, 0.6) is 0 Å². The molecule has 3 nitrogen and oxygen atoms in total. The number of fused-ring (bicyclic) bond motifs is 7. The van der Waals surface area contributed by atoms with Crippen LogP contribution >= 0.6 is 0 Å². The maximum atomic E-state index is 6.41. The molecule has 2 aliphatic heterocycles. The predicted molar refractivity (Wildman–Crippen MR) is 275 cm³/mol. The van der Waals surface area contributed by atoms with Crippen LogP contribution in [0.4, 0.5) is 34.1 Å². The van der Waals surface area contributed by atoms with Gasteiger partial charge < -0.3 is 14.2 Å². The van der Waals surface area contributed by atoms with Crippen molar-refractivity contribution in [2.75, 3.05) is 9.80 Å². The number of para-hydroxylation sites is 1. The second kappa shape index (κ2) is 14.4. The maximum Gasteiger partial charge on any atom is 0.252 e. The molecule has 0 radical (unpaired) electrons. The summed E-state index contributed by atoms with van der Waals surface area (Å²) in [5.41, 5.74) is 21.5. The van der Waals surface area contributed by atoms with Crippen LogP contribution in [0.2, 0.25) is 0 Å². The van der Waals surface area contributed by atoms with Gasteiger partial charge in [-0.05, 0) is 132 Å². The van der Waals surface area contributed by atoms with E-state index < -0.39 is 0 Å². The molecule has 1 aromatic heterocycles. The first-order valence-electron chi connectivity index (χ1n) is 22.9. The molecule has 0 bridgehead atoms. The molecule has 0 spiro atoms. The molecule has 0 saturated carbocycles. The van der Waals surface area contributed by atoms with E-state index in [2.05, 4.69) is 236 Å². The standard InChI is InChI=1S/C60H55BN2O/c1-58(2,3)41-25-29-44(30-26-41)62-50-32-28-42(59(4,5)6)36-49(50)61-48-31-27-43(60(7,8)9)37-51(48)63(53-35-40(34-52(62)57(53)61)38-17-11-10-12-18-38)45-20-15-19-39(33-45)46-22-16-24-55-56(46)47-21-13-14-23-54(47)64-55/h10-37H,1-9H3. The van der Waals surface area contributed by atoms with Crippen LogP contribution in [0, 0.1) is 0 Å². The third-order valence-corrected chi connectivity index (χ3v) is 13.7. The van der Waals surface area contributed by atoms with E-state index in [0.29, 0.717) is 0 Å². The summed E-state index contributed by atoms with van der Waals surface area (Å²) in [7, 11) is 0. The molecular weight excluding hydrogens is 775 g/mol. The van der Waals surface area contributed by atoms with Gasteiger partial charge in [0.2, 0.25) is 0 Å². The van der Waals surface area contributed by atoms with E-state index in [1.54, 1.807) is 0 Å². The summed E-state index contributed by atoms with van der Waals surface area (Å²) in [6.07, 6.45) is 0. The molecule has 4 heteroatoms. The Bertz CT molecular complexity index is 3280. The van der Waals surface area contributed by atoms with Gasteiger partial charge >= 0.3 is 0 Å². The summed E-state index contributed by atoms with van der Waals surface area (Å²) in [6.45, 7) is 20.9. The van der Waals surface area contributed by atoms with E-state index in [1.165, 1.54) is 67.0 Å². The van der Waals surface area contributed by atoms with Crippen LogP contribution in [0.3, 0.4) is 0 Å². The minimum atomic E-state index is -0.0578. The average Bonchev–Trinajstić information content (AvgIpc) is 3.67. The lowest BCUT2D eigenvalue weighted by Crippen LogP contribution is -2.61. The van der Waals surface area contributed by atoms with Gasteiger partial charge in [0, 0.05) is 44.9 Å². The highest BCUT2D eigenvalue weighted by Crippen LogP contribution is 2.48. The summed E-state index contributed by atoms with van der Waals surface area (Å²) in [5, 5.41) is 2.28. The van der Waals surface area contributed by atoms with Gasteiger partial charge in [-0.3, -0.25) is 0 Å². The topological polar surface area (TPSA) is 19.6 Å². The van der Waals surface area contributed by atoms with Crippen molar-refractivity contribution in [1.29, 1.82) is 0 Å². The van der Waals surface area contributed by atoms with E-state index in [4.69, 9.17) is 4.42 Å². The third-order valence-electron chi connectivity index (χ3n) is 13.7. The number of nitrogens with zero attached hydrogens (tertiary/aromatic N) is 2. The molecule has 0 amide bonds. The van der Waals surface area contributed by atoms with Gasteiger partial charge in [-0.1, -0.05) is 172 Å². The zero-order valence-corrected chi connectivity index (χ0v) is 38.5. The third kappa shape index (κ3) is 6.49. The molecule has 0 aliphatic carbocycles. The molecule has 9 aromatic rings. The highest BCUT2D eigenvalue weighted by Gasteiger charge is 2.44. The Morgan fingerprint density at radius 2 is 0.984 bits per heavy atom. The van der Waals surface area contributed by atoms with E-state index in [0.717, 1.165) is 44.4 Å².